The number of pyridine rings is 2. The Morgan fingerprint density at radius 2 is 1.97 bits per heavy atom. The minimum absolute atomic E-state index is 0.0139. The number of carbonyl (C=O) groups excluding carboxylic acids is 2. The number of amides is 2. The molecule has 4 heterocycles. The Hall–Kier alpha value is -2.96. The normalized spacial score (nSPS) is 21.0. The minimum atomic E-state index is -0.0725. The fourth-order valence-electron chi connectivity index (χ4n) is 4.57. The summed E-state index contributed by atoms with van der Waals surface area (Å²) in [4.78, 5) is 38.2. The van der Waals surface area contributed by atoms with Crippen LogP contribution in [0.1, 0.15) is 49.0 Å². The van der Waals surface area contributed by atoms with Crippen molar-refractivity contribution in [1.29, 1.82) is 0 Å². The number of nitrogens with one attached hydrogen (secondary N) is 1. The molecule has 2 aliphatic heterocycles. The molecule has 1 N–H and O–H groups in total. The molecule has 0 aromatic carbocycles. The van der Waals surface area contributed by atoms with Gasteiger partial charge in [0.15, 0.2) is 0 Å². The summed E-state index contributed by atoms with van der Waals surface area (Å²) >= 11 is 0. The molecule has 0 spiro atoms. The van der Waals surface area contributed by atoms with Gasteiger partial charge < -0.3 is 15.1 Å². The van der Waals surface area contributed by atoms with Crippen molar-refractivity contribution in [3.05, 3.63) is 47.9 Å². The molecule has 2 aromatic heterocycles. The molecule has 0 unspecified atom stereocenters. The highest BCUT2D eigenvalue weighted by atomic mass is 16.2. The number of nitrogens with zero attached hydrogens (tertiary/aromatic N) is 4. The minimum Gasteiger partial charge on any atom is -0.352 e. The van der Waals surface area contributed by atoms with E-state index in [1.807, 2.05) is 43.9 Å². The van der Waals surface area contributed by atoms with E-state index in [0.29, 0.717) is 23.7 Å². The third-order valence-corrected chi connectivity index (χ3v) is 6.27. The largest absolute Gasteiger partial charge is 0.352 e. The van der Waals surface area contributed by atoms with Gasteiger partial charge in [0.25, 0.3) is 5.91 Å². The van der Waals surface area contributed by atoms with E-state index in [4.69, 9.17) is 0 Å². The Balaban J connectivity index is 1.50. The first kappa shape index (κ1) is 21.3. The zero-order valence-electron chi connectivity index (χ0n) is 18.5. The first-order valence-corrected chi connectivity index (χ1v) is 11.2. The number of rotatable bonds is 4. The van der Waals surface area contributed by atoms with Gasteiger partial charge >= 0.3 is 0 Å². The second-order valence-corrected chi connectivity index (χ2v) is 9.03. The molecule has 0 aliphatic carbocycles. The molecule has 0 saturated carbocycles. The van der Waals surface area contributed by atoms with E-state index in [9.17, 15) is 9.59 Å². The average Bonchev–Trinajstić information content (AvgIpc) is 3.08. The van der Waals surface area contributed by atoms with Crippen molar-refractivity contribution in [1.82, 2.24) is 14.9 Å². The van der Waals surface area contributed by atoms with Gasteiger partial charge in [-0.3, -0.25) is 14.6 Å². The third kappa shape index (κ3) is 4.70. The van der Waals surface area contributed by atoms with Gasteiger partial charge in [-0.1, -0.05) is 20.3 Å². The lowest BCUT2D eigenvalue weighted by Gasteiger charge is -2.31. The molecule has 0 radical (unpaired) electrons. The van der Waals surface area contributed by atoms with E-state index in [1.165, 1.54) is 0 Å². The van der Waals surface area contributed by atoms with Crippen molar-refractivity contribution in [2.24, 2.45) is 11.8 Å². The number of aromatic nitrogens is 2. The molecule has 2 aliphatic rings. The summed E-state index contributed by atoms with van der Waals surface area (Å²) in [7, 11) is 0. The van der Waals surface area contributed by atoms with Crippen LogP contribution in [0.3, 0.4) is 0 Å². The summed E-state index contributed by atoms with van der Waals surface area (Å²) in [5, 5.41) is 2.90. The predicted molar refractivity (Wildman–Crippen MR) is 121 cm³/mol. The second kappa shape index (κ2) is 9.04. The maximum absolute atomic E-state index is 13.1. The van der Waals surface area contributed by atoms with Crippen molar-refractivity contribution in [2.75, 3.05) is 29.9 Å². The molecule has 4 rings (SSSR count). The second-order valence-electron chi connectivity index (χ2n) is 9.03. The van der Waals surface area contributed by atoms with Crippen LogP contribution < -0.4 is 10.2 Å². The molecule has 0 bridgehead atoms. The molecule has 2 aromatic rings. The van der Waals surface area contributed by atoms with Gasteiger partial charge in [0.2, 0.25) is 5.91 Å². The van der Waals surface area contributed by atoms with Gasteiger partial charge in [0.1, 0.15) is 5.82 Å². The highest BCUT2D eigenvalue weighted by Crippen LogP contribution is 2.33. The number of aryl methyl sites for hydroxylation is 1. The zero-order valence-corrected chi connectivity index (χ0v) is 18.5. The van der Waals surface area contributed by atoms with Gasteiger partial charge in [-0.25, -0.2) is 4.98 Å². The van der Waals surface area contributed by atoms with Crippen LogP contribution in [0.2, 0.25) is 0 Å². The van der Waals surface area contributed by atoms with E-state index >= 15 is 0 Å². The van der Waals surface area contributed by atoms with Crippen LogP contribution in [-0.4, -0.2) is 52.4 Å². The molecular weight excluding hydrogens is 390 g/mol. The van der Waals surface area contributed by atoms with E-state index < -0.39 is 0 Å². The van der Waals surface area contributed by atoms with Crippen LogP contribution in [0.15, 0.2) is 36.8 Å². The van der Waals surface area contributed by atoms with Crippen LogP contribution in [0, 0.1) is 18.8 Å². The van der Waals surface area contributed by atoms with Crippen molar-refractivity contribution >= 4 is 23.3 Å². The van der Waals surface area contributed by atoms with Crippen molar-refractivity contribution in [3.8, 4) is 0 Å². The Labute approximate surface area is 183 Å². The molecule has 7 nitrogen and oxygen atoms in total. The average molecular weight is 422 g/mol. The van der Waals surface area contributed by atoms with Gasteiger partial charge in [0, 0.05) is 37.9 Å². The highest BCUT2D eigenvalue weighted by Gasteiger charge is 2.40. The number of anilines is 2. The summed E-state index contributed by atoms with van der Waals surface area (Å²) in [6.07, 6.45) is 8.56. The molecule has 164 valence electrons. The number of carbonyl (C=O) groups is 2. The van der Waals surface area contributed by atoms with E-state index in [2.05, 4.69) is 20.2 Å². The summed E-state index contributed by atoms with van der Waals surface area (Å²) < 4.78 is 0. The monoisotopic (exact) mass is 421 g/mol. The van der Waals surface area contributed by atoms with Gasteiger partial charge in [-0.15, -0.1) is 0 Å². The number of fused-ring (bicyclic) bond motifs is 1. The quantitative estimate of drug-likeness (QED) is 0.817. The van der Waals surface area contributed by atoms with E-state index in [-0.39, 0.29) is 23.8 Å². The predicted octanol–water partition coefficient (Wildman–Crippen LogP) is 3.51. The molecule has 2 fully saturated rings. The smallest absolute Gasteiger partial charge is 0.255 e. The standard InChI is InChI=1S/C24H31N5O2/c1-16(2)23(30)27-20-7-8-22(26-13-20)29-9-5-4-6-18-14-28(15-21(18)29)24(31)19-10-17(3)11-25-12-19/h7-8,10-13,16,18,21H,4-6,9,14-15H2,1-3H3,(H,27,30)/t18-,21+/m1/s1. The van der Waals surface area contributed by atoms with Crippen LogP contribution in [0.4, 0.5) is 11.5 Å². The summed E-state index contributed by atoms with van der Waals surface area (Å²) in [6, 6.07) is 6.06. The van der Waals surface area contributed by atoms with Crippen molar-refractivity contribution in [2.45, 2.75) is 46.1 Å². The fourth-order valence-corrected chi connectivity index (χ4v) is 4.57. The topological polar surface area (TPSA) is 78.4 Å². The Morgan fingerprint density at radius 3 is 2.68 bits per heavy atom. The molecule has 2 saturated heterocycles. The lowest BCUT2D eigenvalue weighted by atomic mass is 9.98. The SMILES string of the molecule is Cc1cncc(C(=O)N2C[C@H]3CCCCN(c4ccc(NC(=O)C(C)C)cn4)[C@H]3C2)c1. The van der Waals surface area contributed by atoms with Crippen LogP contribution in [-0.2, 0) is 4.79 Å². The number of likely N-dealkylation sites (tertiary alicyclic amines) is 1. The number of hydrogen-bond donors (Lipinski definition) is 1. The Bertz CT molecular complexity index is 943. The lowest BCUT2D eigenvalue weighted by Crippen LogP contribution is -2.41. The van der Waals surface area contributed by atoms with Crippen LogP contribution in [0.5, 0.6) is 0 Å². The summed E-state index contributed by atoms with van der Waals surface area (Å²) in [5.41, 5.74) is 2.37. The molecule has 2 atom stereocenters. The van der Waals surface area contributed by atoms with Crippen LogP contribution in [0.25, 0.3) is 0 Å². The molecule has 31 heavy (non-hydrogen) atoms. The molecular formula is C24H31N5O2. The summed E-state index contributed by atoms with van der Waals surface area (Å²) in [6.45, 7) is 8.10. The first-order valence-electron chi connectivity index (χ1n) is 11.2. The Kier molecular flexibility index (Phi) is 6.20. The first-order chi connectivity index (χ1) is 14.9. The Morgan fingerprint density at radius 1 is 1.13 bits per heavy atom. The maximum Gasteiger partial charge on any atom is 0.255 e. The third-order valence-electron chi connectivity index (χ3n) is 6.27. The van der Waals surface area contributed by atoms with Crippen LogP contribution >= 0.6 is 0 Å². The lowest BCUT2D eigenvalue weighted by molar-refractivity contribution is -0.118. The summed E-state index contributed by atoms with van der Waals surface area (Å²) in [5.74, 6) is 1.32. The van der Waals surface area contributed by atoms with Crippen molar-refractivity contribution in [3.63, 3.8) is 0 Å². The highest BCUT2D eigenvalue weighted by molar-refractivity contribution is 5.94. The van der Waals surface area contributed by atoms with E-state index in [1.54, 1.807) is 18.6 Å². The fraction of sp³-hybridized carbons (Fsp3) is 0.500. The number of hydrogen-bond acceptors (Lipinski definition) is 5. The van der Waals surface area contributed by atoms with Gasteiger partial charge in [-0.05, 0) is 49.4 Å². The molecule has 2 amide bonds. The van der Waals surface area contributed by atoms with Gasteiger partial charge in [0.05, 0.1) is 23.5 Å². The zero-order chi connectivity index (χ0) is 22.0. The van der Waals surface area contributed by atoms with Gasteiger partial charge in [-0.2, -0.15) is 0 Å². The maximum atomic E-state index is 13.1. The van der Waals surface area contributed by atoms with E-state index in [0.717, 1.165) is 43.7 Å². The molecule has 7 heteroatoms. The van der Waals surface area contributed by atoms with Crippen molar-refractivity contribution < 1.29 is 9.59 Å².